The summed E-state index contributed by atoms with van der Waals surface area (Å²) >= 11 is 0. The molecule has 1 amide bonds. The third-order valence-electron chi connectivity index (χ3n) is 2.46. The van der Waals surface area contributed by atoms with Gasteiger partial charge in [-0.25, -0.2) is 8.42 Å². The van der Waals surface area contributed by atoms with E-state index in [0.29, 0.717) is 11.3 Å². The van der Waals surface area contributed by atoms with E-state index in [4.69, 9.17) is 0 Å². The molecule has 1 N–H and O–H groups in total. The number of benzene rings is 1. The molecule has 0 fully saturated rings. The second-order valence-corrected chi connectivity index (χ2v) is 7.50. The molecule has 1 aromatic rings. The summed E-state index contributed by atoms with van der Waals surface area (Å²) in [4.78, 5) is 12.0. The number of anilines is 1. The fraction of sp³-hybridized carbons (Fsp3) is 0.462. The Morgan fingerprint density at radius 2 is 1.84 bits per heavy atom. The van der Waals surface area contributed by atoms with Crippen molar-refractivity contribution in [2.45, 2.75) is 26.3 Å². The van der Waals surface area contributed by atoms with E-state index in [0.717, 1.165) is 10.6 Å². The molecule has 0 saturated heterocycles. The van der Waals surface area contributed by atoms with Crippen LogP contribution >= 0.6 is 0 Å². The van der Waals surface area contributed by atoms with Gasteiger partial charge >= 0.3 is 0 Å². The fourth-order valence-corrected chi connectivity index (χ4v) is 1.94. The number of nitrogens with zero attached hydrogens (tertiary/aromatic N) is 1. The lowest BCUT2D eigenvalue weighted by Crippen LogP contribution is -2.40. The molecule has 0 aromatic heterocycles. The number of rotatable bonds is 3. The first kappa shape index (κ1) is 15.5. The van der Waals surface area contributed by atoms with Crippen LogP contribution in [-0.4, -0.2) is 33.2 Å². The Labute approximate surface area is 114 Å². The van der Waals surface area contributed by atoms with E-state index in [-0.39, 0.29) is 11.4 Å². The standard InChI is InChI=1S/C13H20N2O3S/c1-13(2,3)14-12(16)10-7-6-8-11(9-10)15(4)19(5,17)18/h6-9H,1-5H3,(H,14,16). The SMILES string of the molecule is CN(c1cccc(C(=O)NC(C)(C)C)c1)S(C)(=O)=O. The van der Waals surface area contributed by atoms with Gasteiger partial charge in [0.05, 0.1) is 11.9 Å². The molecule has 0 aliphatic heterocycles. The average molecular weight is 284 g/mol. The first-order valence-electron chi connectivity index (χ1n) is 5.87. The number of hydrogen-bond donors (Lipinski definition) is 1. The highest BCUT2D eigenvalue weighted by molar-refractivity contribution is 7.92. The van der Waals surface area contributed by atoms with Gasteiger partial charge in [-0.05, 0) is 39.0 Å². The van der Waals surface area contributed by atoms with Crippen LogP contribution < -0.4 is 9.62 Å². The summed E-state index contributed by atoms with van der Waals surface area (Å²) in [6.07, 6.45) is 1.12. The number of carbonyl (C=O) groups excluding carboxylic acids is 1. The number of carbonyl (C=O) groups is 1. The summed E-state index contributed by atoms with van der Waals surface area (Å²) in [7, 11) is -1.88. The van der Waals surface area contributed by atoms with Gasteiger partial charge in [0.1, 0.15) is 0 Å². The van der Waals surface area contributed by atoms with Crippen LogP contribution in [0, 0.1) is 0 Å². The Morgan fingerprint density at radius 1 is 1.26 bits per heavy atom. The molecule has 0 bridgehead atoms. The number of hydrogen-bond acceptors (Lipinski definition) is 3. The molecule has 0 spiro atoms. The van der Waals surface area contributed by atoms with Gasteiger partial charge in [0.25, 0.3) is 5.91 Å². The predicted molar refractivity (Wildman–Crippen MR) is 76.9 cm³/mol. The molecular weight excluding hydrogens is 264 g/mol. The quantitative estimate of drug-likeness (QED) is 0.917. The number of nitrogens with one attached hydrogen (secondary N) is 1. The highest BCUT2D eigenvalue weighted by Crippen LogP contribution is 2.17. The van der Waals surface area contributed by atoms with Crippen molar-refractivity contribution in [2.75, 3.05) is 17.6 Å². The second kappa shape index (κ2) is 5.21. The summed E-state index contributed by atoms with van der Waals surface area (Å²) < 4.78 is 24.1. The highest BCUT2D eigenvalue weighted by Gasteiger charge is 2.17. The molecule has 0 aliphatic rings. The summed E-state index contributed by atoms with van der Waals surface area (Å²) in [6, 6.07) is 6.52. The van der Waals surface area contributed by atoms with Crippen LogP contribution in [0.5, 0.6) is 0 Å². The maximum Gasteiger partial charge on any atom is 0.251 e. The molecule has 19 heavy (non-hydrogen) atoms. The lowest BCUT2D eigenvalue weighted by atomic mass is 10.1. The largest absolute Gasteiger partial charge is 0.347 e. The van der Waals surface area contributed by atoms with Gasteiger partial charge in [0.15, 0.2) is 0 Å². The first-order chi connectivity index (χ1) is 8.50. The van der Waals surface area contributed by atoms with Crippen LogP contribution in [0.15, 0.2) is 24.3 Å². The molecule has 0 radical (unpaired) electrons. The van der Waals surface area contributed by atoms with Gasteiger partial charge in [-0.3, -0.25) is 9.10 Å². The van der Waals surface area contributed by atoms with E-state index < -0.39 is 10.0 Å². The van der Waals surface area contributed by atoms with Crippen LogP contribution in [0.25, 0.3) is 0 Å². The maximum atomic E-state index is 12.0. The Bertz CT molecular complexity index is 574. The van der Waals surface area contributed by atoms with Crippen molar-refractivity contribution in [1.29, 1.82) is 0 Å². The van der Waals surface area contributed by atoms with E-state index >= 15 is 0 Å². The number of sulfonamides is 1. The van der Waals surface area contributed by atoms with E-state index in [9.17, 15) is 13.2 Å². The average Bonchev–Trinajstić information content (AvgIpc) is 2.24. The second-order valence-electron chi connectivity index (χ2n) is 5.48. The van der Waals surface area contributed by atoms with Crippen molar-refractivity contribution in [3.8, 4) is 0 Å². The zero-order valence-electron chi connectivity index (χ0n) is 11.9. The van der Waals surface area contributed by atoms with Crippen LogP contribution in [0.2, 0.25) is 0 Å². The van der Waals surface area contributed by atoms with Gasteiger partial charge in [-0.1, -0.05) is 6.07 Å². The van der Waals surface area contributed by atoms with E-state index in [1.807, 2.05) is 20.8 Å². The summed E-state index contributed by atoms with van der Waals surface area (Å²) in [5.41, 5.74) is 0.558. The van der Waals surface area contributed by atoms with Crippen molar-refractivity contribution < 1.29 is 13.2 Å². The minimum atomic E-state index is -3.33. The molecule has 1 aromatic carbocycles. The zero-order chi connectivity index (χ0) is 14.8. The highest BCUT2D eigenvalue weighted by atomic mass is 32.2. The van der Waals surface area contributed by atoms with Crippen molar-refractivity contribution in [1.82, 2.24) is 5.32 Å². The molecule has 0 saturated carbocycles. The van der Waals surface area contributed by atoms with Gasteiger partial charge in [-0.2, -0.15) is 0 Å². The number of amides is 1. The van der Waals surface area contributed by atoms with E-state index in [1.54, 1.807) is 24.3 Å². The first-order valence-corrected chi connectivity index (χ1v) is 7.72. The topological polar surface area (TPSA) is 66.5 Å². The van der Waals surface area contributed by atoms with Gasteiger partial charge in [0, 0.05) is 18.2 Å². The Kier molecular flexibility index (Phi) is 4.25. The lowest BCUT2D eigenvalue weighted by molar-refractivity contribution is 0.0919. The van der Waals surface area contributed by atoms with Crippen molar-refractivity contribution in [2.24, 2.45) is 0 Å². The molecule has 1 rings (SSSR count). The maximum absolute atomic E-state index is 12.0. The summed E-state index contributed by atoms with van der Waals surface area (Å²) in [6.45, 7) is 5.66. The molecule has 0 atom stereocenters. The smallest absolute Gasteiger partial charge is 0.251 e. The van der Waals surface area contributed by atoms with Crippen LogP contribution in [0.3, 0.4) is 0 Å². The summed E-state index contributed by atoms with van der Waals surface area (Å²) in [5.74, 6) is -0.226. The molecule has 0 heterocycles. The third-order valence-corrected chi connectivity index (χ3v) is 3.66. The molecule has 0 unspecified atom stereocenters. The molecule has 5 nitrogen and oxygen atoms in total. The van der Waals surface area contributed by atoms with Gasteiger partial charge in [-0.15, -0.1) is 0 Å². The van der Waals surface area contributed by atoms with Gasteiger partial charge in [0.2, 0.25) is 10.0 Å². The fourth-order valence-electron chi connectivity index (χ4n) is 1.45. The molecule has 0 aliphatic carbocycles. The van der Waals surface area contributed by atoms with Crippen molar-refractivity contribution in [3.63, 3.8) is 0 Å². The van der Waals surface area contributed by atoms with Crippen molar-refractivity contribution >= 4 is 21.6 Å². The third kappa shape index (κ3) is 4.55. The summed E-state index contributed by atoms with van der Waals surface area (Å²) in [5, 5.41) is 2.83. The molecule has 106 valence electrons. The predicted octanol–water partition coefficient (Wildman–Crippen LogP) is 1.61. The monoisotopic (exact) mass is 284 g/mol. The van der Waals surface area contributed by atoms with E-state index in [1.165, 1.54) is 7.05 Å². The van der Waals surface area contributed by atoms with Crippen molar-refractivity contribution in [3.05, 3.63) is 29.8 Å². The van der Waals surface area contributed by atoms with Crippen LogP contribution in [0.1, 0.15) is 31.1 Å². The zero-order valence-corrected chi connectivity index (χ0v) is 12.7. The Hall–Kier alpha value is -1.56. The van der Waals surface area contributed by atoms with Crippen LogP contribution in [-0.2, 0) is 10.0 Å². The Morgan fingerprint density at radius 3 is 2.32 bits per heavy atom. The normalized spacial score (nSPS) is 12.1. The Balaban J connectivity index is 3.05. The van der Waals surface area contributed by atoms with Gasteiger partial charge < -0.3 is 5.32 Å². The van der Waals surface area contributed by atoms with E-state index in [2.05, 4.69) is 5.32 Å². The molecule has 6 heteroatoms. The lowest BCUT2D eigenvalue weighted by Gasteiger charge is -2.21. The van der Waals surface area contributed by atoms with Crippen LogP contribution in [0.4, 0.5) is 5.69 Å². The molecular formula is C13H20N2O3S. The minimum Gasteiger partial charge on any atom is -0.347 e. The minimum absolute atomic E-state index is 0.226.